The second-order valence-corrected chi connectivity index (χ2v) is 4.10. The van der Waals surface area contributed by atoms with Gasteiger partial charge in [0.05, 0.1) is 6.10 Å². The van der Waals surface area contributed by atoms with Crippen LogP contribution < -0.4 is 0 Å². The lowest BCUT2D eigenvalue weighted by Gasteiger charge is -2.20. The number of hydrogen-bond acceptors (Lipinski definition) is 3. The van der Waals surface area contributed by atoms with E-state index in [1.807, 2.05) is 0 Å². The van der Waals surface area contributed by atoms with Crippen molar-refractivity contribution in [1.29, 1.82) is 0 Å². The van der Waals surface area contributed by atoms with E-state index in [1.165, 1.54) is 26.4 Å². The van der Waals surface area contributed by atoms with Gasteiger partial charge in [-0.3, -0.25) is 4.18 Å². The third-order valence-corrected chi connectivity index (χ3v) is 2.92. The van der Waals surface area contributed by atoms with E-state index >= 15 is 0 Å². The lowest BCUT2D eigenvalue weighted by Crippen LogP contribution is -2.19. The van der Waals surface area contributed by atoms with Gasteiger partial charge in [-0.2, -0.15) is 0 Å². The highest BCUT2D eigenvalue weighted by atomic mass is 32.2. The van der Waals surface area contributed by atoms with Crippen molar-refractivity contribution in [2.24, 2.45) is 0 Å². The first-order valence-corrected chi connectivity index (χ1v) is 5.62. The highest BCUT2D eigenvalue weighted by Gasteiger charge is 2.16. The van der Waals surface area contributed by atoms with E-state index < -0.39 is 11.1 Å². The zero-order valence-electron chi connectivity index (χ0n) is 7.45. The Kier molecular flexibility index (Phi) is 4.80. The molecule has 0 aromatic rings. The van der Waals surface area contributed by atoms with Crippen LogP contribution in [0, 0.1) is 0 Å². The molecule has 1 fully saturated rings. The molecule has 1 aliphatic rings. The Balaban J connectivity index is 2.15. The molecule has 1 rings (SSSR count). The zero-order valence-corrected chi connectivity index (χ0v) is 8.27. The van der Waals surface area contributed by atoms with Crippen LogP contribution in [0.2, 0.25) is 0 Å². The van der Waals surface area contributed by atoms with Gasteiger partial charge in [0, 0.05) is 7.11 Å². The minimum atomic E-state index is -1.24. The zero-order chi connectivity index (χ0) is 8.81. The maximum absolute atomic E-state index is 11.1. The molecule has 4 heteroatoms. The second-order valence-electron chi connectivity index (χ2n) is 3.07. The van der Waals surface area contributed by atoms with Crippen molar-refractivity contribution >= 4 is 11.1 Å². The maximum atomic E-state index is 11.1. The SMILES string of the molecule is COCS(=O)OC1CCCCC1. The fraction of sp³-hybridized carbons (Fsp3) is 1.00. The van der Waals surface area contributed by atoms with Gasteiger partial charge >= 0.3 is 0 Å². The van der Waals surface area contributed by atoms with E-state index in [4.69, 9.17) is 8.92 Å². The number of hydrogen-bond donors (Lipinski definition) is 0. The molecule has 1 aliphatic carbocycles. The summed E-state index contributed by atoms with van der Waals surface area (Å²) in [6, 6.07) is 0. The van der Waals surface area contributed by atoms with E-state index in [9.17, 15) is 4.21 Å². The molecule has 3 nitrogen and oxygen atoms in total. The van der Waals surface area contributed by atoms with Crippen molar-refractivity contribution in [2.75, 3.05) is 13.0 Å². The van der Waals surface area contributed by atoms with Crippen molar-refractivity contribution in [1.82, 2.24) is 0 Å². The molecule has 0 radical (unpaired) electrons. The van der Waals surface area contributed by atoms with Gasteiger partial charge in [-0.1, -0.05) is 19.3 Å². The van der Waals surface area contributed by atoms with Crippen LogP contribution in [0.3, 0.4) is 0 Å². The van der Waals surface area contributed by atoms with Crippen LogP contribution >= 0.6 is 0 Å². The predicted octanol–water partition coefficient (Wildman–Crippen LogP) is 1.60. The van der Waals surface area contributed by atoms with Crippen molar-refractivity contribution < 1.29 is 13.1 Å². The summed E-state index contributed by atoms with van der Waals surface area (Å²) in [5.74, 6) is 0.191. The normalized spacial score (nSPS) is 22.4. The van der Waals surface area contributed by atoms with Crippen LogP contribution in [0.1, 0.15) is 32.1 Å². The Hall–Kier alpha value is 0.0700. The Bertz CT molecular complexity index is 143. The summed E-state index contributed by atoms with van der Waals surface area (Å²) in [5.41, 5.74) is 0. The summed E-state index contributed by atoms with van der Waals surface area (Å²) in [5, 5.41) is 0. The number of methoxy groups -OCH3 is 1. The molecule has 0 saturated heterocycles. The van der Waals surface area contributed by atoms with Crippen molar-refractivity contribution in [2.45, 2.75) is 38.2 Å². The average Bonchev–Trinajstić information content (AvgIpc) is 2.06. The Morgan fingerprint density at radius 3 is 2.58 bits per heavy atom. The summed E-state index contributed by atoms with van der Waals surface area (Å²) in [6.45, 7) is 0. The highest BCUT2D eigenvalue weighted by molar-refractivity contribution is 7.80. The van der Waals surface area contributed by atoms with Gasteiger partial charge in [0.15, 0.2) is 11.1 Å². The van der Waals surface area contributed by atoms with Gasteiger partial charge in [-0.25, -0.2) is 4.21 Å². The molecule has 0 spiro atoms. The van der Waals surface area contributed by atoms with E-state index in [0.717, 1.165) is 12.8 Å². The van der Waals surface area contributed by atoms with Crippen molar-refractivity contribution in [3.8, 4) is 0 Å². The fourth-order valence-electron chi connectivity index (χ4n) is 1.44. The molecular formula is C8H16O3S. The van der Waals surface area contributed by atoms with E-state index in [1.54, 1.807) is 0 Å². The molecule has 1 unspecified atom stereocenters. The van der Waals surface area contributed by atoms with Gasteiger partial charge in [-0.05, 0) is 12.8 Å². The predicted molar refractivity (Wildman–Crippen MR) is 48.0 cm³/mol. The van der Waals surface area contributed by atoms with E-state index in [2.05, 4.69) is 0 Å². The Labute approximate surface area is 76.1 Å². The topological polar surface area (TPSA) is 35.5 Å². The van der Waals surface area contributed by atoms with Gasteiger partial charge in [0.1, 0.15) is 5.94 Å². The summed E-state index contributed by atoms with van der Waals surface area (Å²) in [7, 11) is 1.53. The van der Waals surface area contributed by atoms with Crippen LogP contribution in [0.25, 0.3) is 0 Å². The first kappa shape index (κ1) is 10.2. The summed E-state index contributed by atoms with van der Waals surface area (Å²) in [6.07, 6.45) is 6.00. The molecule has 72 valence electrons. The average molecular weight is 192 g/mol. The van der Waals surface area contributed by atoms with Gasteiger partial charge in [0.25, 0.3) is 0 Å². The molecule has 0 aromatic carbocycles. The lowest BCUT2D eigenvalue weighted by atomic mass is 9.98. The Morgan fingerprint density at radius 2 is 2.00 bits per heavy atom. The summed E-state index contributed by atoms with van der Waals surface area (Å²) in [4.78, 5) is 0. The van der Waals surface area contributed by atoms with E-state index in [-0.39, 0.29) is 12.0 Å². The molecule has 1 atom stereocenters. The second kappa shape index (κ2) is 5.67. The quantitative estimate of drug-likeness (QED) is 0.678. The summed E-state index contributed by atoms with van der Waals surface area (Å²) < 4.78 is 21.1. The van der Waals surface area contributed by atoms with Gasteiger partial charge in [-0.15, -0.1) is 0 Å². The third-order valence-electron chi connectivity index (χ3n) is 2.01. The molecule has 0 heterocycles. The molecule has 0 amide bonds. The molecule has 0 aromatic heterocycles. The summed E-state index contributed by atoms with van der Waals surface area (Å²) >= 11 is -1.24. The van der Waals surface area contributed by atoms with Crippen LogP contribution in [0.15, 0.2) is 0 Å². The molecule has 12 heavy (non-hydrogen) atoms. The minimum absolute atomic E-state index is 0.191. The van der Waals surface area contributed by atoms with Crippen LogP contribution in [-0.4, -0.2) is 23.4 Å². The minimum Gasteiger partial charge on any atom is -0.369 e. The molecule has 1 saturated carbocycles. The number of rotatable bonds is 4. The molecule has 0 N–H and O–H groups in total. The molecule has 0 bridgehead atoms. The Morgan fingerprint density at radius 1 is 1.33 bits per heavy atom. The third kappa shape index (κ3) is 3.65. The molecular weight excluding hydrogens is 176 g/mol. The van der Waals surface area contributed by atoms with Gasteiger partial charge < -0.3 is 4.74 Å². The number of ether oxygens (including phenoxy) is 1. The first-order chi connectivity index (χ1) is 5.83. The highest BCUT2D eigenvalue weighted by Crippen LogP contribution is 2.20. The lowest BCUT2D eigenvalue weighted by molar-refractivity contribution is 0.161. The standard InChI is InChI=1S/C8H16O3S/c1-10-7-12(9)11-8-5-3-2-4-6-8/h8H,2-7H2,1H3. The van der Waals surface area contributed by atoms with Gasteiger partial charge in [0.2, 0.25) is 0 Å². The largest absolute Gasteiger partial charge is 0.369 e. The van der Waals surface area contributed by atoms with Crippen LogP contribution in [-0.2, 0) is 20.0 Å². The smallest absolute Gasteiger partial charge is 0.182 e. The van der Waals surface area contributed by atoms with E-state index in [0.29, 0.717) is 0 Å². The molecule has 0 aliphatic heterocycles. The van der Waals surface area contributed by atoms with Crippen molar-refractivity contribution in [3.63, 3.8) is 0 Å². The van der Waals surface area contributed by atoms with Crippen molar-refractivity contribution in [3.05, 3.63) is 0 Å². The first-order valence-electron chi connectivity index (χ1n) is 4.37. The fourth-order valence-corrected chi connectivity index (χ4v) is 2.18. The van der Waals surface area contributed by atoms with Crippen LogP contribution in [0.5, 0.6) is 0 Å². The maximum Gasteiger partial charge on any atom is 0.182 e. The monoisotopic (exact) mass is 192 g/mol. The van der Waals surface area contributed by atoms with Crippen LogP contribution in [0.4, 0.5) is 0 Å².